The fraction of sp³-hybridized carbons (Fsp3) is 0.333. The van der Waals surface area contributed by atoms with Crippen LogP contribution in [0.15, 0.2) is 56.8 Å². The fourth-order valence-corrected chi connectivity index (χ4v) is 7.10. The summed E-state index contributed by atoms with van der Waals surface area (Å²) >= 11 is 4.96. The molecule has 6 nitrogen and oxygen atoms in total. The van der Waals surface area contributed by atoms with E-state index in [1.165, 1.54) is 39.9 Å². The molecule has 0 bridgehead atoms. The van der Waals surface area contributed by atoms with E-state index in [1.54, 1.807) is 0 Å². The molecule has 0 radical (unpaired) electrons. The van der Waals surface area contributed by atoms with E-state index in [1.807, 2.05) is 29.8 Å². The van der Waals surface area contributed by atoms with Gasteiger partial charge in [-0.15, -0.1) is 0 Å². The predicted molar refractivity (Wildman–Crippen MR) is 122 cm³/mol. The van der Waals surface area contributed by atoms with Gasteiger partial charge in [0.2, 0.25) is 10.0 Å². The Morgan fingerprint density at radius 1 is 1.20 bits per heavy atom. The van der Waals surface area contributed by atoms with Crippen molar-refractivity contribution < 1.29 is 13.2 Å². The number of thiazole rings is 1. The molecule has 1 atom stereocenters. The second-order valence-corrected chi connectivity index (χ2v) is 11.4. The molecule has 3 aromatic rings. The minimum absolute atomic E-state index is 0.212. The van der Waals surface area contributed by atoms with Crippen molar-refractivity contribution in [3.8, 4) is 0 Å². The van der Waals surface area contributed by atoms with E-state index in [4.69, 9.17) is 0 Å². The Labute approximate surface area is 188 Å². The third kappa shape index (κ3) is 4.03. The molecule has 1 fully saturated rings. The number of hydrogen-bond acceptors (Lipinski definition) is 4. The Bertz CT molecular complexity index is 1280. The van der Waals surface area contributed by atoms with Crippen molar-refractivity contribution in [1.82, 2.24) is 8.87 Å². The molecule has 30 heavy (non-hydrogen) atoms. The number of aryl methyl sites for hydroxylation is 1. The van der Waals surface area contributed by atoms with Crippen molar-refractivity contribution in [2.24, 2.45) is 18.0 Å². The maximum absolute atomic E-state index is 12.9. The van der Waals surface area contributed by atoms with Gasteiger partial charge in [0.25, 0.3) is 5.91 Å². The van der Waals surface area contributed by atoms with Gasteiger partial charge in [-0.2, -0.15) is 9.30 Å². The summed E-state index contributed by atoms with van der Waals surface area (Å²) in [6.45, 7) is 3.15. The van der Waals surface area contributed by atoms with Gasteiger partial charge < -0.3 is 4.57 Å². The summed E-state index contributed by atoms with van der Waals surface area (Å²) in [7, 11) is -1.67. The SMILES string of the molecule is CC1CCCN(S(=O)(=O)c2ccc(C(=O)N=c3sc4cccc(Br)c4n3C)cc2)C1. The lowest BCUT2D eigenvalue weighted by atomic mass is 10.0. The van der Waals surface area contributed by atoms with E-state index in [2.05, 4.69) is 27.8 Å². The van der Waals surface area contributed by atoms with Crippen LogP contribution in [-0.2, 0) is 17.1 Å². The van der Waals surface area contributed by atoms with E-state index < -0.39 is 15.9 Å². The van der Waals surface area contributed by atoms with Gasteiger partial charge in [0.1, 0.15) is 0 Å². The number of carbonyl (C=O) groups is 1. The first-order chi connectivity index (χ1) is 14.3. The molecule has 9 heteroatoms. The van der Waals surface area contributed by atoms with Gasteiger partial charge in [-0.3, -0.25) is 4.79 Å². The molecule has 1 aliphatic heterocycles. The molecule has 2 aromatic carbocycles. The third-order valence-corrected chi connectivity index (χ3v) is 8.95. The lowest BCUT2D eigenvalue weighted by molar-refractivity contribution is 0.0998. The second-order valence-electron chi connectivity index (χ2n) is 7.58. The molecule has 1 amide bonds. The van der Waals surface area contributed by atoms with E-state index in [-0.39, 0.29) is 4.90 Å². The van der Waals surface area contributed by atoms with Crippen molar-refractivity contribution in [2.75, 3.05) is 13.1 Å². The first kappa shape index (κ1) is 21.4. The number of carbonyl (C=O) groups excluding carboxylic acids is 1. The average molecular weight is 508 g/mol. The van der Waals surface area contributed by atoms with Crippen LogP contribution in [0.25, 0.3) is 10.2 Å². The molecule has 0 saturated carbocycles. The van der Waals surface area contributed by atoms with Crippen LogP contribution in [0, 0.1) is 5.92 Å². The van der Waals surface area contributed by atoms with Gasteiger partial charge >= 0.3 is 0 Å². The molecule has 1 aliphatic rings. The molecule has 1 aromatic heterocycles. The van der Waals surface area contributed by atoms with Gasteiger partial charge in [-0.1, -0.05) is 24.3 Å². The Hall–Kier alpha value is -1.81. The van der Waals surface area contributed by atoms with E-state index in [0.29, 0.717) is 29.4 Å². The highest BCUT2D eigenvalue weighted by atomic mass is 79.9. The van der Waals surface area contributed by atoms with Crippen molar-refractivity contribution in [2.45, 2.75) is 24.7 Å². The molecule has 158 valence electrons. The first-order valence-electron chi connectivity index (χ1n) is 9.70. The molecule has 0 N–H and O–H groups in total. The highest BCUT2D eigenvalue weighted by Crippen LogP contribution is 2.25. The maximum atomic E-state index is 12.9. The predicted octanol–water partition coefficient (Wildman–Crippen LogP) is 4.16. The van der Waals surface area contributed by atoms with Crippen LogP contribution in [0.5, 0.6) is 0 Å². The van der Waals surface area contributed by atoms with Crippen LogP contribution in [0.1, 0.15) is 30.1 Å². The molecular weight excluding hydrogens is 486 g/mol. The van der Waals surface area contributed by atoms with Crippen molar-refractivity contribution in [1.29, 1.82) is 0 Å². The molecule has 1 unspecified atom stereocenters. The zero-order valence-electron chi connectivity index (χ0n) is 16.7. The van der Waals surface area contributed by atoms with Crippen LogP contribution in [0.2, 0.25) is 0 Å². The monoisotopic (exact) mass is 507 g/mol. The Kier molecular flexibility index (Phi) is 5.98. The molecule has 1 saturated heterocycles. The number of halogens is 1. The van der Waals surface area contributed by atoms with Crippen LogP contribution >= 0.6 is 27.3 Å². The molecular formula is C21H22BrN3O3S2. The number of aromatic nitrogens is 1. The molecule has 0 spiro atoms. The van der Waals surface area contributed by atoms with Gasteiger partial charge in [-0.25, -0.2) is 8.42 Å². The summed E-state index contributed by atoms with van der Waals surface area (Å²) in [4.78, 5) is 17.7. The topological polar surface area (TPSA) is 71.7 Å². The number of rotatable bonds is 3. The summed E-state index contributed by atoms with van der Waals surface area (Å²) in [5.74, 6) is -0.0425. The summed E-state index contributed by atoms with van der Waals surface area (Å²) in [5.41, 5.74) is 1.34. The first-order valence-corrected chi connectivity index (χ1v) is 12.8. The van der Waals surface area contributed by atoms with E-state index >= 15 is 0 Å². The number of sulfonamides is 1. The Balaban J connectivity index is 1.62. The average Bonchev–Trinajstić information content (AvgIpc) is 3.04. The Morgan fingerprint density at radius 2 is 1.93 bits per heavy atom. The zero-order chi connectivity index (χ0) is 21.5. The van der Waals surface area contributed by atoms with Crippen molar-refractivity contribution >= 4 is 53.4 Å². The highest BCUT2D eigenvalue weighted by Gasteiger charge is 2.28. The van der Waals surface area contributed by atoms with Crippen molar-refractivity contribution in [3.05, 3.63) is 57.3 Å². The van der Waals surface area contributed by atoms with Crippen LogP contribution < -0.4 is 4.80 Å². The number of hydrogen-bond donors (Lipinski definition) is 0. The third-order valence-electron chi connectivity index (χ3n) is 5.33. The largest absolute Gasteiger partial charge is 0.318 e. The number of benzene rings is 2. The summed E-state index contributed by atoms with van der Waals surface area (Å²) < 4.78 is 31.2. The normalized spacial score (nSPS) is 18.8. The maximum Gasteiger partial charge on any atom is 0.279 e. The lowest BCUT2D eigenvalue weighted by Crippen LogP contribution is -2.39. The minimum atomic E-state index is -3.54. The quantitative estimate of drug-likeness (QED) is 0.534. The number of para-hydroxylation sites is 1. The van der Waals surface area contributed by atoms with Crippen LogP contribution in [-0.4, -0.2) is 36.3 Å². The van der Waals surface area contributed by atoms with Crippen molar-refractivity contribution in [3.63, 3.8) is 0 Å². The summed E-state index contributed by atoms with van der Waals surface area (Å²) in [6.07, 6.45) is 1.92. The number of nitrogens with zero attached hydrogens (tertiary/aromatic N) is 3. The summed E-state index contributed by atoms with van der Waals surface area (Å²) in [6, 6.07) is 11.9. The minimum Gasteiger partial charge on any atom is -0.318 e. The van der Waals surface area contributed by atoms with Crippen LogP contribution in [0.3, 0.4) is 0 Å². The smallest absolute Gasteiger partial charge is 0.279 e. The number of amides is 1. The van der Waals surface area contributed by atoms with E-state index in [0.717, 1.165) is 27.5 Å². The zero-order valence-corrected chi connectivity index (χ0v) is 19.9. The number of piperidine rings is 1. The molecule has 0 aliphatic carbocycles. The standard InChI is InChI=1S/C21H22BrN3O3S2/c1-14-5-4-12-25(13-14)30(27,28)16-10-8-15(9-11-16)20(26)23-21-24(2)19-17(22)6-3-7-18(19)29-21/h3,6-11,14H,4-5,12-13H2,1-2H3. The van der Waals surface area contributed by atoms with Gasteiger partial charge in [0.05, 0.1) is 15.1 Å². The van der Waals surface area contributed by atoms with Crippen LogP contribution in [0.4, 0.5) is 0 Å². The van der Waals surface area contributed by atoms with Gasteiger partial charge in [-0.05, 0) is 71.1 Å². The van der Waals surface area contributed by atoms with Gasteiger partial charge in [0, 0.05) is 30.2 Å². The van der Waals surface area contributed by atoms with Gasteiger partial charge in [0.15, 0.2) is 4.80 Å². The second kappa shape index (κ2) is 8.37. The molecule has 4 rings (SSSR count). The number of fused-ring (bicyclic) bond motifs is 1. The summed E-state index contributed by atoms with van der Waals surface area (Å²) in [5, 5.41) is 0. The van der Waals surface area contributed by atoms with E-state index in [9.17, 15) is 13.2 Å². The molecule has 2 heterocycles. The Morgan fingerprint density at radius 3 is 2.60 bits per heavy atom. The fourth-order valence-electron chi connectivity index (χ4n) is 3.70. The highest BCUT2D eigenvalue weighted by molar-refractivity contribution is 9.10. The lowest BCUT2D eigenvalue weighted by Gasteiger charge is -2.30.